The number of nitrogens with zero attached hydrogens (tertiary/aromatic N) is 1. The Morgan fingerprint density at radius 3 is 2.86 bits per heavy atom. The summed E-state index contributed by atoms with van der Waals surface area (Å²) in [6.07, 6.45) is 2.90. The number of aliphatic hydroxyl groups is 1. The molecule has 2 saturated heterocycles. The average Bonchev–Trinajstić information content (AvgIpc) is 2.47. The molecule has 2 heterocycles. The molecule has 2 N–H and O–H groups in total. The molecule has 0 spiro atoms. The van der Waals surface area contributed by atoms with E-state index in [1.165, 1.54) is 0 Å². The van der Waals surface area contributed by atoms with Crippen molar-refractivity contribution < 1.29 is 14.6 Å². The second kappa shape index (κ2) is 7.45. The zero-order valence-electron chi connectivity index (χ0n) is 13.5. The highest BCUT2D eigenvalue weighted by atomic mass is 16.5. The van der Waals surface area contributed by atoms with Crippen LogP contribution in [0.4, 0.5) is 4.79 Å². The van der Waals surface area contributed by atoms with E-state index in [4.69, 9.17) is 4.74 Å². The summed E-state index contributed by atoms with van der Waals surface area (Å²) in [4.78, 5) is 14.0. The van der Waals surface area contributed by atoms with Crippen LogP contribution in [-0.4, -0.2) is 54.5 Å². The topological polar surface area (TPSA) is 61.8 Å². The van der Waals surface area contributed by atoms with Gasteiger partial charge in [-0.1, -0.05) is 20.8 Å². The first-order chi connectivity index (χ1) is 9.99. The number of piperidine rings is 1. The molecule has 2 aliphatic heterocycles. The third-order valence-corrected chi connectivity index (χ3v) is 4.87. The number of aliphatic hydroxyl groups excluding tert-OH is 1. The van der Waals surface area contributed by atoms with Gasteiger partial charge in [-0.2, -0.15) is 0 Å². The number of rotatable bonds is 3. The van der Waals surface area contributed by atoms with Gasteiger partial charge in [-0.05, 0) is 31.1 Å². The van der Waals surface area contributed by atoms with Crippen molar-refractivity contribution in [3.8, 4) is 0 Å². The third kappa shape index (κ3) is 4.33. The molecule has 0 bridgehead atoms. The van der Waals surface area contributed by atoms with E-state index in [1.54, 1.807) is 4.90 Å². The lowest BCUT2D eigenvalue weighted by Crippen LogP contribution is -2.51. The van der Waals surface area contributed by atoms with E-state index in [-0.39, 0.29) is 18.1 Å². The standard InChI is InChI=1S/C16H30N2O3/c1-11(2)15-13(5-4-8-21-15)9-17-16(20)18-7-6-12(3)14(19)10-18/h11-15,19H,4-10H2,1-3H3,(H,17,20). The van der Waals surface area contributed by atoms with Gasteiger partial charge in [-0.3, -0.25) is 0 Å². The fourth-order valence-electron chi connectivity index (χ4n) is 3.38. The molecule has 0 aliphatic carbocycles. The first-order valence-corrected chi connectivity index (χ1v) is 8.31. The largest absolute Gasteiger partial charge is 0.391 e. The van der Waals surface area contributed by atoms with Crippen molar-refractivity contribution in [2.45, 2.75) is 52.2 Å². The fraction of sp³-hybridized carbons (Fsp3) is 0.938. The lowest BCUT2D eigenvalue weighted by molar-refractivity contribution is -0.0512. The number of hydrogen-bond donors (Lipinski definition) is 2. The number of ether oxygens (including phenoxy) is 1. The van der Waals surface area contributed by atoms with Crippen molar-refractivity contribution in [2.24, 2.45) is 17.8 Å². The van der Waals surface area contributed by atoms with Crippen molar-refractivity contribution in [3.63, 3.8) is 0 Å². The molecule has 0 aromatic rings. The van der Waals surface area contributed by atoms with E-state index in [1.807, 2.05) is 6.92 Å². The van der Waals surface area contributed by atoms with E-state index in [2.05, 4.69) is 19.2 Å². The molecule has 5 nitrogen and oxygen atoms in total. The number of hydrogen-bond acceptors (Lipinski definition) is 3. The molecule has 0 radical (unpaired) electrons. The number of carbonyl (C=O) groups excluding carboxylic acids is 1. The van der Waals surface area contributed by atoms with Crippen molar-refractivity contribution in [2.75, 3.05) is 26.2 Å². The smallest absolute Gasteiger partial charge is 0.317 e. The molecule has 2 rings (SSSR count). The summed E-state index contributed by atoms with van der Waals surface area (Å²) in [6.45, 7) is 9.07. The fourth-order valence-corrected chi connectivity index (χ4v) is 3.38. The van der Waals surface area contributed by atoms with Gasteiger partial charge < -0.3 is 20.1 Å². The van der Waals surface area contributed by atoms with Crippen LogP contribution < -0.4 is 5.32 Å². The second-order valence-corrected chi connectivity index (χ2v) is 6.95. The first-order valence-electron chi connectivity index (χ1n) is 8.31. The minimum atomic E-state index is -0.397. The van der Waals surface area contributed by atoms with Gasteiger partial charge in [-0.15, -0.1) is 0 Å². The van der Waals surface area contributed by atoms with Crippen LogP contribution in [0.25, 0.3) is 0 Å². The summed E-state index contributed by atoms with van der Waals surface area (Å²) in [5.74, 6) is 1.16. The molecule has 2 fully saturated rings. The number of likely N-dealkylation sites (tertiary alicyclic amines) is 1. The number of carbonyl (C=O) groups is 1. The maximum atomic E-state index is 12.2. The van der Waals surface area contributed by atoms with Crippen molar-refractivity contribution in [3.05, 3.63) is 0 Å². The van der Waals surface area contributed by atoms with Gasteiger partial charge in [0.15, 0.2) is 0 Å². The Kier molecular flexibility index (Phi) is 5.88. The summed E-state index contributed by atoms with van der Waals surface area (Å²) < 4.78 is 5.86. The molecule has 2 aliphatic rings. The Labute approximate surface area is 128 Å². The Balaban J connectivity index is 1.80. The molecule has 5 heteroatoms. The summed E-state index contributed by atoms with van der Waals surface area (Å²) >= 11 is 0. The molecule has 0 aromatic heterocycles. The molecule has 0 saturated carbocycles. The number of urea groups is 1. The normalized spacial score (nSPS) is 34.0. The lowest BCUT2D eigenvalue weighted by Gasteiger charge is -2.37. The molecule has 122 valence electrons. The predicted molar refractivity (Wildman–Crippen MR) is 82.1 cm³/mol. The monoisotopic (exact) mass is 298 g/mol. The molecular formula is C16H30N2O3. The van der Waals surface area contributed by atoms with Gasteiger partial charge in [0.2, 0.25) is 0 Å². The van der Waals surface area contributed by atoms with E-state index < -0.39 is 6.10 Å². The van der Waals surface area contributed by atoms with Crippen molar-refractivity contribution in [1.82, 2.24) is 10.2 Å². The zero-order chi connectivity index (χ0) is 15.4. The van der Waals surface area contributed by atoms with Crippen molar-refractivity contribution in [1.29, 1.82) is 0 Å². The van der Waals surface area contributed by atoms with Crippen LogP contribution in [0.15, 0.2) is 0 Å². The van der Waals surface area contributed by atoms with Gasteiger partial charge >= 0.3 is 6.03 Å². The van der Waals surface area contributed by atoms with Crippen LogP contribution in [-0.2, 0) is 4.74 Å². The molecular weight excluding hydrogens is 268 g/mol. The highest BCUT2D eigenvalue weighted by molar-refractivity contribution is 5.74. The van der Waals surface area contributed by atoms with Crippen LogP contribution in [0.1, 0.15) is 40.0 Å². The van der Waals surface area contributed by atoms with Crippen LogP contribution in [0.3, 0.4) is 0 Å². The number of nitrogens with one attached hydrogen (secondary N) is 1. The third-order valence-electron chi connectivity index (χ3n) is 4.87. The quantitative estimate of drug-likeness (QED) is 0.836. The summed E-state index contributed by atoms with van der Waals surface area (Å²) in [5.41, 5.74) is 0. The van der Waals surface area contributed by atoms with Gasteiger partial charge in [0.25, 0.3) is 0 Å². The first kappa shape index (κ1) is 16.6. The minimum absolute atomic E-state index is 0.0472. The Hall–Kier alpha value is -0.810. The Morgan fingerprint density at radius 2 is 2.19 bits per heavy atom. The highest BCUT2D eigenvalue weighted by Crippen LogP contribution is 2.26. The zero-order valence-corrected chi connectivity index (χ0v) is 13.5. The summed E-state index contributed by atoms with van der Waals surface area (Å²) in [6, 6.07) is -0.0472. The van der Waals surface area contributed by atoms with E-state index >= 15 is 0 Å². The van der Waals surface area contributed by atoms with Gasteiger partial charge in [0.1, 0.15) is 0 Å². The average molecular weight is 298 g/mol. The summed E-state index contributed by atoms with van der Waals surface area (Å²) in [5, 5.41) is 12.9. The second-order valence-electron chi connectivity index (χ2n) is 6.95. The van der Waals surface area contributed by atoms with E-state index in [0.717, 1.165) is 32.4 Å². The number of amides is 2. The minimum Gasteiger partial charge on any atom is -0.391 e. The lowest BCUT2D eigenvalue weighted by atomic mass is 9.87. The van der Waals surface area contributed by atoms with Crippen LogP contribution in [0.5, 0.6) is 0 Å². The van der Waals surface area contributed by atoms with Gasteiger partial charge in [-0.25, -0.2) is 4.79 Å². The maximum absolute atomic E-state index is 12.2. The molecule has 4 atom stereocenters. The Morgan fingerprint density at radius 1 is 1.43 bits per heavy atom. The summed E-state index contributed by atoms with van der Waals surface area (Å²) in [7, 11) is 0. The van der Waals surface area contributed by atoms with E-state index in [9.17, 15) is 9.90 Å². The maximum Gasteiger partial charge on any atom is 0.317 e. The van der Waals surface area contributed by atoms with Crippen LogP contribution in [0, 0.1) is 17.8 Å². The van der Waals surface area contributed by atoms with Crippen molar-refractivity contribution >= 4 is 6.03 Å². The molecule has 0 aromatic carbocycles. The SMILES string of the molecule is CC(C)C1OCCCC1CNC(=O)N1CCC(C)C(O)C1. The molecule has 4 unspecified atom stereocenters. The molecule has 2 amide bonds. The highest BCUT2D eigenvalue weighted by Gasteiger charge is 2.31. The molecule has 21 heavy (non-hydrogen) atoms. The van der Waals surface area contributed by atoms with E-state index in [0.29, 0.717) is 24.9 Å². The van der Waals surface area contributed by atoms with Gasteiger partial charge in [0.05, 0.1) is 12.2 Å². The van der Waals surface area contributed by atoms with Crippen LogP contribution in [0.2, 0.25) is 0 Å². The Bertz CT molecular complexity index is 348. The van der Waals surface area contributed by atoms with Gasteiger partial charge in [0, 0.05) is 32.2 Å². The predicted octanol–water partition coefficient (Wildman–Crippen LogP) is 1.85. The number of β-amino-alcohol motifs (C(OH)–C–C–N with tert-alkyl or cyclic N) is 1. The van der Waals surface area contributed by atoms with Crippen LogP contribution >= 0.6 is 0 Å².